The van der Waals surface area contributed by atoms with Crippen LogP contribution in [0.1, 0.15) is 28.8 Å². The maximum Gasteiger partial charge on any atom is 0.258 e. The molecular formula is C29H33N3O7S2. The van der Waals surface area contributed by atoms with Crippen LogP contribution in [-0.2, 0) is 32.6 Å². The molecule has 2 atom stereocenters. The summed E-state index contributed by atoms with van der Waals surface area (Å²) in [6, 6.07) is 15.5. The van der Waals surface area contributed by atoms with Crippen LogP contribution in [0.15, 0.2) is 58.8 Å². The lowest BCUT2D eigenvalue weighted by Gasteiger charge is -2.38. The third-order valence-electron chi connectivity index (χ3n) is 7.10. The highest BCUT2D eigenvalue weighted by Gasteiger charge is 2.38. The Hall–Kier alpha value is -3.61. The number of carbonyl (C=O) groups is 2. The number of amides is 2. The molecule has 0 saturated carbocycles. The third kappa shape index (κ3) is 7.00. The molecule has 4 bridgehead atoms. The fourth-order valence-corrected chi connectivity index (χ4v) is 7.78. The number of nitrogens with one attached hydrogen (secondary N) is 2. The lowest BCUT2D eigenvalue weighted by atomic mass is 10.0. The number of nitrogens with zero attached hydrogens (tertiary/aromatic N) is 1. The zero-order chi connectivity index (χ0) is 29.0. The average Bonchev–Trinajstić information content (AvgIpc) is 3.42. The van der Waals surface area contributed by atoms with Crippen LogP contribution in [0.25, 0.3) is 0 Å². The van der Waals surface area contributed by atoms with Crippen molar-refractivity contribution in [2.24, 2.45) is 0 Å². The number of aryl methyl sites for hydroxylation is 2. The molecule has 0 radical (unpaired) electrons. The highest BCUT2D eigenvalue weighted by molar-refractivity contribution is 7.91. The summed E-state index contributed by atoms with van der Waals surface area (Å²) in [5.74, 6) is 0.940. The van der Waals surface area contributed by atoms with Gasteiger partial charge in [0.1, 0.15) is 16.1 Å². The van der Waals surface area contributed by atoms with E-state index in [1.807, 2.05) is 37.3 Å². The molecule has 5 aliphatic rings. The van der Waals surface area contributed by atoms with Crippen molar-refractivity contribution in [3.05, 3.63) is 70.6 Å². The molecular weight excluding hydrogens is 566 g/mol. The van der Waals surface area contributed by atoms with E-state index in [0.29, 0.717) is 43.1 Å². The fourth-order valence-electron chi connectivity index (χ4n) is 4.86. The number of rotatable bonds is 3. The molecule has 10 nitrogen and oxygen atoms in total. The Morgan fingerprint density at radius 2 is 1.78 bits per heavy atom. The Labute approximate surface area is 243 Å². The quantitative estimate of drug-likeness (QED) is 0.475. The van der Waals surface area contributed by atoms with Gasteiger partial charge in [0.15, 0.2) is 18.1 Å². The number of hydrogen-bond donors (Lipinski definition) is 2. The van der Waals surface area contributed by atoms with Crippen molar-refractivity contribution >= 4 is 33.2 Å². The van der Waals surface area contributed by atoms with Crippen LogP contribution < -0.4 is 24.8 Å². The minimum atomic E-state index is -3.73. The van der Waals surface area contributed by atoms with Gasteiger partial charge in [0.25, 0.3) is 15.9 Å². The number of piperidine rings is 1. The molecule has 1 fully saturated rings. The fraction of sp³-hybridized carbons (Fsp3) is 0.379. The summed E-state index contributed by atoms with van der Waals surface area (Å²) in [5, 5.41) is 5.88. The molecule has 5 aliphatic heterocycles. The molecule has 0 spiro atoms. The van der Waals surface area contributed by atoms with Gasteiger partial charge >= 0.3 is 0 Å². The summed E-state index contributed by atoms with van der Waals surface area (Å²) in [5.41, 5.74) is 1.82. The molecule has 218 valence electrons. The Bertz CT molecular complexity index is 1500. The molecule has 2 amide bonds. The standard InChI is InChI=1S/C29H33N3O7S2/c1-19-3-12-29(40-19)41(35,36)32-14-13-24-23(17-32)31-28(34)18-38-25-10-6-20(15-26(25)37-2)7-11-27(33)30-16-21-4-8-22(39-24)9-5-21/h3-6,8-10,12,15,23-24H,7,11,13-14,16-18H2,1-2H3,(H,30,33)(H,31,34)/t23-,24-/m1/s1. The monoisotopic (exact) mass is 599 g/mol. The van der Waals surface area contributed by atoms with Crippen molar-refractivity contribution in [1.29, 1.82) is 0 Å². The van der Waals surface area contributed by atoms with Gasteiger partial charge in [-0.3, -0.25) is 9.59 Å². The summed E-state index contributed by atoms with van der Waals surface area (Å²) in [6.45, 7) is 2.25. The van der Waals surface area contributed by atoms with Gasteiger partial charge < -0.3 is 24.8 Å². The highest BCUT2D eigenvalue weighted by Crippen LogP contribution is 2.30. The van der Waals surface area contributed by atoms with Crippen LogP contribution in [0, 0.1) is 6.92 Å². The normalized spacial score (nSPS) is 20.7. The van der Waals surface area contributed by atoms with E-state index in [1.165, 1.54) is 22.8 Å². The molecule has 2 N–H and O–H groups in total. The number of thiophene rings is 1. The van der Waals surface area contributed by atoms with Crippen LogP contribution in [0.2, 0.25) is 0 Å². The van der Waals surface area contributed by atoms with Gasteiger partial charge in [0.05, 0.1) is 13.2 Å². The number of hydrogen-bond acceptors (Lipinski definition) is 8. The second-order valence-corrected chi connectivity index (χ2v) is 13.5. The van der Waals surface area contributed by atoms with E-state index in [-0.39, 0.29) is 29.8 Å². The van der Waals surface area contributed by atoms with Gasteiger partial charge in [-0.25, -0.2) is 8.42 Å². The van der Waals surface area contributed by atoms with Crippen LogP contribution in [0.4, 0.5) is 0 Å². The first-order chi connectivity index (χ1) is 19.7. The largest absolute Gasteiger partial charge is 0.493 e. The summed E-state index contributed by atoms with van der Waals surface area (Å²) < 4.78 is 45.9. The third-order valence-corrected chi connectivity index (χ3v) is 10.4. The molecule has 6 heterocycles. The van der Waals surface area contributed by atoms with E-state index < -0.39 is 28.1 Å². The lowest BCUT2D eigenvalue weighted by Crippen LogP contribution is -2.58. The van der Waals surface area contributed by atoms with E-state index in [9.17, 15) is 18.0 Å². The van der Waals surface area contributed by atoms with E-state index >= 15 is 0 Å². The summed E-state index contributed by atoms with van der Waals surface area (Å²) in [6.07, 6.45) is 0.737. The van der Waals surface area contributed by atoms with Crippen LogP contribution in [0.5, 0.6) is 17.2 Å². The van der Waals surface area contributed by atoms with Crippen molar-refractivity contribution in [2.75, 3.05) is 26.8 Å². The van der Waals surface area contributed by atoms with Gasteiger partial charge in [0.2, 0.25) is 5.91 Å². The van der Waals surface area contributed by atoms with Crippen molar-refractivity contribution in [3.63, 3.8) is 0 Å². The van der Waals surface area contributed by atoms with Crippen molar-refractivity contribution in [1.82, 2.24) is 14.9 Å². The molecule has 41 heavy (non-hydrogen) atoms. The zero-order valence-corrected chi connectivity index (χ0v) is 24.6. The first-order valence-corrected chi connectivity index (χ1v) is 15.6. The summed E-state index contributed by atoms with van der Waals surface area (Å²) >= 11 is 1.22. The van der Waals surface area contributed by atoms with Crippen molar-refractivity contribution < 1.29 is 32.2 Å². The summed E-state index contributed by atoms with van der Waals surface area (Å²) in [4.78, 5) is 26.4. The van der Waals surface area contributed by atoms with Gasteiger partial charge in [0, 0.05) is 37.4 Å². The van der Waals surface area contributed by atoms with E-state index in [4.69, 9.17) is 14.2 Å². The van der Waals surface area contributed by atoms with Gasteiger partial charge in [-0.2, -0.15) is 4.31 Å². The molecule has 0 aliphatic carbocycles. The average molecular weight is 600 g/mol. The second kappa shape index (κ2) is 12.5. The van der Waals surface area contributed by atoms with E-state index in [1.54, 1.807) is 24.3 Å². The minimum absolute atomic E-state index is 0.0534. The first-order valence-electron chi connectivity index (χ1n) is 13.4. The van der Waals surface area contributed by atoms with Crippen LogP contribution >= 0.6 is 11.3 Å². The maximum absolute atomic E-state index is 13.4. The number of carbonyl (C=O) groups excluding carboxylic acids is 2. The van der Waals surface area contributed by atoms with Gasteiger partial charge in [-0.1, -0.05) is 18.2 Å². The molecule has 0 unspecified atom stereocenters. The Morgan fingerprint density at radius 1 is 1.00 bits per heavy atom. The SMILES string of the molecule is COc1cc2ccc1OCC(=O)N[C@@H]1CN(S(=O)(=O)c3ccc(C)s3)CC[C@H]1Oc1ccc(cc1)CNC(=O)CC2. The van der Waals surface area contributed by atoms with Crippen LogP contribution in [0.3, 0.4) is 0 Å². The second-order valence-electron chi connectivity index (χ2n) is 10.0. The molecule has 1 aromatic heterocycles. The van der Waals surface area contributed by atoms with Gasteiger partial charge in [-0.05, 0) is 60.9 Å². The predicted molar refractivity (Wildman–Crippen MR) is 154 cm³/mol. The number of benzene rings is 2. The molecule has 3 aromatic rings. The van der Waals surface area contributed by atoms with E-state index in [0.717, 1.165) is 16.0 Å². The Morgan fingerprint density at radius 3 is 2.51 bits per heavy atom. The minimum Gasteiger partial charge on any atom is -0.493 e. The lowest BCUT2D eigenvalue weighted by molar-refractivity contribution is -0.125. The molecule has 8 rings (SSSR count). The number of sulfonamides is 1. The van der Waals surface area contributed by atoms with Crippen molar-refractivity contribution in [3.8, 4) is 17.2 Å². The maximum atomic E-state index is 13.4. The zero-order valence-electron chi connectivity index (χ0n) is 22.9. The predicted octanol–water partition coefficient (Wildman–Crippen LogP) is 3.03. The smallest absolute Gasteiger partial charge is 0.258 e. The first kappa shape index (κ1) is 28.9. The van der Waals surface area contributed by atoms with Gasteiger partial charge in [-0.15, -0.1) is 11.3 Å². The summed E-state index contributed by atoms with van der Waals surface area (Å²) in [7, 11) is -2.22. The van der Waals surface area contributed by atoms with E-state index in [2.05, 4.69) is 10.6 Å². The Balaban J connectivity index is 1.40. The topological polar surface area (TPSA) is 123 Å². The Kier molecular flexibility index (Phi) is 8.81. The van der Waals surface area contributed by atoms with Crippen molar-refractivity contribution in [2.45, 2.75) is 49.1 Å². The highest BCUT2D eigenvalue weighted by atomic mass is 32.2. The molecule has 2 aromatic carbocycles. The van der Waals surface area contributed by atoms with Crippen LogP contribution in [-0.4, -0.2) is 63.5 Å². The number of ether oxygens (including phenoxy) is 3. The molecule has 12 heteroatoms. The molecule has 1 saturated heterocycles. The number of methoxy groups -OCH3 is 1.